The van der Waals surface area contributed by atoms with E-state index in [2.05, 4.69) is 19.0 Å². The fourth-order valence-corrected chi connectivity index (χ4v) is 3.33. The van der Waals surface area contributed by atoms with Crippen molar-refractivity contribution in [2.45, 2.75) is 13.0 Å². The van der Waals surface area contributed by atoms with E-state index < -0.39 is 0 Å². The van der Waals surface area contributed by atoms with Gasteiger partial charge in [0.25, 0.3) is 5.91 Å². The first-order valence-corrected chi connectivity index (χ1v) is 7.16. The summed E-state index contributed by atoms with van der Waals surface area (Å²) in [5, 5.41) is 0. The first kappa shape index (κ1) is 13.6. The molecule has 2 aliphatic heterocycles. The molecule has 20 heavy (non-hydrogen) atoms. The smallest absolute Gasteiger partial charge is 0.289 e. The summed E-state index contributed by atoms with van der Waals surface area (Å²) in [7, 11) is 4.16. The average molecular weight is 278 g/mol. The Balaban J connectivity index is 1.66. The number of ether oxygens (including phenoxy) is 1. The van der Waals surface area contributed by atoms with Gasteiger partial charge in [0.15, 0.2) is 5.76 Å². The van der Waals surface area contributed by atoms with Gasteiger partial charge in [0.2, 0.25) is 0 Å². The molecule has 1 amide bonds. The maximum absolute atomic E-state index is 12.4. The average Bonchev–Trinajstić information content (AvgIpc) is 3.05. The van der Waals surface area contributed by atoms with E-state index in [1.54, 1.807) is 6.07 Å². The summed E-state index contributed by atoms with van der Waals surface area (Å²) in [5.41, 5.74) is 0. The number of furan rings is 1. The van der Waals surface area contributed by atoms with Gasteiger partial charge in [0, 0.05) is 31.5 Å². The van der Waals surface area contributed by atoms with Crippen molar-refractivity contribution in [1.29, 1.82) is 0 Å². The van der Waals surface area contributed by atoms with Crippen molar-refractivity contribution in [1.82, 2.24) is 9.80 Å². The summed E-state index contributed by atoms with van der Waals surface area (Å²) in [5.74, 6) is 2.17. The number of amides is 1. The van der Waals surface area contributed by atoms with Crippen LogP contribution >= 0.6 is 0 Å². The van der Waals surface area contributed by atoms with Crippen molar-refractivity contribution < 1.29 is 13.9 Å². The molecular formula is C15H22N2O3. The summed E-state index contributed by atoms with van der Waals surface area (Å²) < 4.78 is 11.3. The summed E-state index contributed by atoms with van der Waals surface area (Å²) in [4.78, 5) is 16.4. The molecule has 0 bridgehead atoms. The zero-order valence-corrected chi connectivity index (χ0v) is 12.3. The summed E-state index contributed by atoms with van der Waals surface area (Å²) >= 11 is 0. The minimum Gasteiger partial charge on any atom is -0.456 e. The minimum absolute atomic E-state index is 0.0142. The van der Waals surface area contributed by atoms with Crippen LogP contribution in [0.1, 0.15) is 16.3 Å². The summed E-state index contributed by atoms with van der Waals surface area (Å²) in [6.07, 6.45) is 0.194. The Morgan fingerprint density at radius 1 is 1.40 bits per heavy atom. The van der Waals surface area contributed by atoms with Gasteiger partial charge in [0.1, 0.15) is 5.76 Å². The van der Waals surface area contributed by atoms with E-state index in [0.717, 1.165) is 25.5 Å². The van der Waals surface area contributed by atoms with Crippen LogP contribution in [-0.4, -0.2) is 62.1 Å². The molecule has 5 nitrogen and oxygen atoms in total. The molecule has 2 aliphatic rings. The molecule has 0 aliphatic carbocycles. The maximum Gasteiger partial charge on any atom is 0.289 e. The van der Waals surface area contributed by atoms with Crippen LogP contribution < -0.4 is 0 Å². The number of carbonyl (C=O) groups excluding carboxylic acids is 1. The first-order chi connectivity index (χ1) is 9.54. The lowest BCUT2D eigenvalue weighted by atomic mass is 9.93. The number of aryl methyl sites for hydroxylation is 1. The fraction of sp³-hybridized carbons (Fsp3) is 0.667. The number of carbonyl (C=O) groups is 1. The monoisotopic (exact) mass is 278 g/mol. The van der Waals surface area contributed by atoms with Crippen molar-refractivity contribution in [2.75, 3.05) is 40.3 Å². The van der Waals surface area contributed by atoms with Crippen LogP contribution in [0.15, 0.2) is 16.5 Å². The van der Waals surface area contributed by atoms with Crippen molar-refractivity contribution >= 4 is 5.91 Å². The molecule has 110 valence electrons. The standard InChI is InChI=1S/C15H22N2O3/c1-10-4-5-13(20-10)15(18)17-7-12-11(6-16(2)3)9-19-14(12)8-17/h4-5,11-12,14H,6-9H2,1-3H3/t11-,12-,14-/m1/s1. The Labute approximate surface area is 119 Å². The zero-order valence-electron chi connectivity index (χ0n) is 12.3. The first-order valence-electron chi connectivity index (χ1n) is 7.16. The van der Waals surface area contributed by atoms with Gasteiger partial charge >= 0.3 is 0 Å². The highest BCUT2D eigenvalue weighted by Crippen LogP contribution is 2.34. The van der Waals surface area contributed by atoms with Crippen LogP contribution in [0.5, 0.6) is 0 Å². The van der Waals surface area contributed by atoms with Crippen molar-refractivity contribution in [3.05, 3.63) is 23.7 Å². The molecule has 0 aromatic carbocycles. The number of hydrogen-bond donors (Lipinski definition) is 0. The molecule has 0 unspecified atom stereocenters. The van der Waals surface area contributed by atoms with Crippen LogP contribution in [0.3, 0.4) is 0 Å². The number of likely N-dealkylation sites (tertiary alicyclic amines) is 1. The van der Waals surface area contributed by atoms with E-state index in [0.29, 0.717) is 24.1 Å². The van der Waals surface area contributed by atoms with Crippen LogP contribution in [-0.2, 0) is 4.74 Å². The number of hydrogen-bond acceptors (Lipinski definition) is 4. The van der Waals surface area contributed by atoms with Crippen LogP contribution in [0.2, 0.25) is 0 Å². The zero-order chi connectivity index (χ0) is 14.3. The van der Waals surface area contributed by atoms with Crippen molar-refractivity contribution in [3.8, 4) is 0 Å². The molecule has 3 rings (SSSR count). The topological polar surface area (TPSA) is 45.9 Å². The highest BCUT2D eigenvalue weighted by molar-refractivity contribution is 5.91. The molecule has 0 N–H and O–H groups in total. The minimum atomic E-state index is -0.0142. The molecule has 0 saturated carbocycles. The normalized spacial score (nSPS) is 29.2. The lowest BCUT2D eigenvalue weighted by molar-refractivity contribution is 0.0644. The second-order valence-electron chi connectivity index (χ2n) is 6.18. The predicted molar refractivity (Wildman–Crippen MR) is 74.6 cm³/mol. The van der Waals surface area contributed by atoms with E-state index in [1.165, 1.54) is 0 Å². The molecule has 0 spiro atoms. The van der Waals surface area contributed by atoms with E-state index >= 15 is 0 Å². The van der Waals surface area contributed by atoms with Crippen molar-refractivity contribution in [2.24, 2.45) is 11.8 Å². The second kappa shape index (κ2) is 5.22. The Morgan fingerprint density at radius 3 is 2.85 bits per heavy atom. The summed E-state index contributed by atoms with van der Waals surface area (Å²) in [6, 6.07) is 3.58. The summed E-state index contributed by atoms with van der Waals surface area (Å²) in [6.45, 7) is 5.15. The lowest BCUT2D eigenvalue weighted by Crippen LogP contribution is -2.33. The molecule has 1 aromatic heterocycles. The van der Waals surface area contributed by atoms with Gasteiger partial charge in [-0.3, -0.25) is 4.79 Å². The third kappa shape index (κ3) is 2.47. The molecular weight excluding hydrogens is 256 g/mol. The molecule has 1 aromatic rings. The Hall–Kier alpha value is -1.33. The fourth-order valence-electron chi connectivity index (χ4n) is 3.33. The predicted octanol–water partition coefficient (Wildman–Crippen LogP) is 1.24. The van der Waals surface area contributed by atoms with E-state index in [9.17, 15) is 4.79 Å². The van der Waals surface area contributed by atoms with Gasteiger partial charge < -0.3 is 19.0 Å². The van der Waals surface area contributed by atoms with Gasteiger partial charge in [-0.25, -0.2) is 0 Å². The highest BCUT2D eigenvalue weighted by atomic mass is 16.5. The third-order valence-electron chi connectivity index (χ3n) is 4.28. The van der Waals surface area contributed by atoms with Gasteiger partial charge in [-0.1, -0.05) is 0 Å². The van der Waals surface area contributed by atoms with Crippen LogP contribution in [0.25, 0.3) is 0 Å². The maximum atomic E-state index is 12.4. The molecule has 0 radical (unpaired) electrons. The van der Waals surface area contributed by atoms with Gasteiger partial charge in [0.05, 0.1) is 12.7 Å². The molecule has 5 heteroatoms. The van der Waals surface area contributed by atoms with E-state index in [1.807, 2.05) is 17.9 Å². The number of rotatable bonds is 3. The van der Waals surface area contributed by atoms with Gasteiger partial charge in [-0.05, 0) is 33.2 Å². The van der Waals surface area contributed by atoms with Gasteiger partial charge in [-0.2, -0.15) is 0 Å². The van der Waals surface area contributed by atoms with E-state index in [-0.39, 0.29) is 12.0 Å². The molecule has 3 atom stereocenters. The quantitative estimate of drug-likeness (QED) is 0.834. The largest absolute Gasteiger partial charge is 0.456 e. The SMILES string of the molecule is Cc1ccc(C(=O)N2C[C@@H]3[C@H](CN(C)C)CO[C@@H]3C2)o1. The lowest BCUT2D eigenvalue weighted by Gasteiger charge is -2.21. The molecule has 2 saturated heterocycles. The number of fused-ring (bicyclic) bond motifs is 1. The number of nitrogens with zero attached hydrogens (tertiary/aromatic N) is 2. The Kier molecular flexibility index (Phi) is 3.56. The van der Waals surface area contributed by atoms with Crippen LogP contribution in [0, 0.1) is 18.8 Å². The van der Waals surface area contributed by atoms with Gasteiger partial charge in [-0.15, -0.1) is 0 Å². The molecule has 2 fully saturated rings. The second-order valence-corrected chi connectivity index (χ2v) is 6.18. The highest BCUT2D eigenvalue weighted by Gasteiger charge is 2.45. The molecule has 3 heterocycles. The van der Waals surface area contributed by atoms with Crippen molar-refractivity contribution in [3.63, 3.8) is 0 Å². The Morgan fingerprint density at radius 2 is 2.20 bits per heavy atom. The van der Waals surface area contributed by atoms with Crippen LogP contribution in [0.4, 0.5) is 0 Å². The Bertz CT molecular complexity index is 497. The third-order valence-corrected chi connectivity index (χ3v) is 4.28. The van der Waals surface area contributed by atoms with E-state index in [4.69, 9.17) is 9.15 Å².